The van der Waals surface area contributed by atoms with Gasteiger partial charge >= 0.3 is 12.1 Å². The van der Waals surface area contributed by atoms with E-state index in [9.17, 15) is 18.0 Å². The molecule has 4 atom stereocenters. The number of hydrogen-bond donors (Lipinski definition) is 3. The number of anilines is 2. The smallest absolute Gasteiger partial charge is 0.429 e. The van der Waals surface area contributed by atoms with Crippen LogP contribution in [0.4, 0.5) is 24.9 Å². The van der Waals surface area contributed by atoms with Crippen LogP contribution in [0.3, 0.4) is 0 Å². The van der Waals surface area contributed by atoms with Gasteiger partial charge in [0.15, 0.2) is 0 Å². The molecule has 1 aromatic carbocycles. The Hall–Kier alpha value is -3.62. The molecular weight excluding hydrogens is 541 g/mol. The summed E-state index contributed by atoms with van der Waals surface area (Å²) >= 11 is 6.10. The van der Waals surface area contributed by atoms with E-state index in [0.717, 1.165) is 6.42 Å². The molecule has 11 nitrogen and oxygen atoms in total. The summed E-state index contributed by atoms with van der Waals surface area (Å²) in [7, 11) is 0. The summed E-state index contributed by atoms with van der Waals surface area (Å²) < 4.78 is 49.9. The fourth-order valence-corrected chi connectivity index (χ4v) is 5.21. The highest BCUT2D eigenvalue weighted by molar-refractivity contribution is 6.30. The number of halogens is 4. The van der Waals surface area contributed by atoms with E-state index < -0.39 is 24.3 Å². The topological polar surface area (TPSA) is 149 Å². The average molecular weight is 567 g/mol. The quantitative estimate of drug-likeness (QED) is 0.371. The van der Waals surface area contributed by atoms with E-state index in [1.54, 1.807) is 13.0 Å². The maximum Gasteiger partial charge on any atom is 0.429 e. The predicted octanol–water partition coefficient (Wildman–Crippen LogP) is 2.56. The number of aryl methyl sites for hydroxylation is 1. The number of piperazine rings is 1. The standard InChI is InChI=1S/C24H26ClF3N8O3/c1-12-4-5-36(33-12)18-6-13(25)2-3-16(18)21(24(26,27)28)39-20-8-19(31-23(30)32-20)34-9-14-7-15(10-34)35(14)11-17(29)22(37)38/h2-6,8,14-15,17,21H,7,9-11,29H2,1H3,(H,37,38)(H2,30,31,32)/t14?,15?,17-,21+/m0/s1. The van der Waals surface area contributed by atoms with E-state index in [4.69, 9.17) is 32.9 Å². The minimum atomic E-state index is -4.82. The molecule has 3 aliphatic heterocycles. The molecule has 5 heterocycles. The monoisotopic (exact) mass is 566 g/mol. The number of fused-ring (bicyclic) bond motifs is 2. The summed E-state index contributed by atoms with van der Waals surface area (Å²) in [6.45, 7) is 2.88. The van der Waals surface area contributed by atoms with Crippen LogP contribution in [0.15, 0.2) is 36.5 Å². The Kier molecular flexibility index (Phi) is 7.03. The molecule has 3 fully saturated rings. The fraction of sp³-hybridized carbons (Fsp3) is 0.417. The Balaban J connectivity index is 1.40. The maximum atomic E-state index is 14.4. The van der Waals surface area contributed by atoms with Crippen molar-refractivity contribution < 1.29 is 27.8 Å². The van der Waals surface area contributed by atoms with Gasteiger partial charge < -0.3 is 26.2 Å². The Morgan fingerprint density at radius 1 is 1.23 bits per heavy atom. The van der Waals surface area contributed by atoms with Gasteiger partial charge in [-0.05, 0) is 31.5 Å². The van der Waals surface area contributed by atoms with Crippen LogP contribution in [0.5, 0.6) is 5.88 Å². The number of hydrogen-bond acceptors (Lipinski definition) is 9. The number of nitrogens with zero attached hydrogens (tertiary/aromatic N) is 6. The van der Waals surface area contributed by atoms with Gasteiger partial charge in [0.25, 0.3) is 0 Å². The first kappa shape index (κ1) is 27.0. The van der Waals surface area contributed by atoms with Crippen molar-refractivity contribution in [2.24, 2.45) is 5.73 Å². The second-order valence-corrected chi connectivity index (χ2v) is 10.1. The highest BCUT2D eigenvalue weighted by Gasteiger charge is 2.47. The van der Waals surface area contributed by atoms with Crippen LogP contribution in [0.1, 0.15) is 23.8 Å². The van der Waals surface area contributed by atoms with Gasteiger partial charge in [-0.1, -0.05) is 17.7 Å². The number of ether oxygens (including phenoxy) is 1. The highest BCUT2D eigenvalue weighted by atomic mass is 35.5. The molecule has 5 N–H and O–H groups in total. The minimum Gasteiger partial charge on any atom is -0.480 e. The third-order valence-electron chi connectivity index (χ3n) is 6.88. The summed E-state index contributed by atoms with van der Waals surface area (Å²) in [6, 6.07) is 6.02. The van der Waals surface area contributed by atoms with Crippen LogP contribution >= 0.6 is 11.6 Å². The summed E-state index contributed by atoms with van der Waals surface area (Å²) in [5.74, 6) is -1.35. The second-order valence-electron chi connectivity index (χ2n) is 9.66. The van der Waals surface area contributed by atoms with Crippen molar-refractivity contribution >= 4 is 29.3 Å². The van der Waals surface area contributed by atoms with Crippen LogP contribution in [0.25, 0.3) is 5.69 Å². The van der Waals surface area contributed by atoms with Crippen LogP contribution in [-0.4, -0.2) is 79.7 Å². The number of carboxylic acid groups (broad SMARTS) is 1. The molecule has 2 bridgehead atoms. The first-order chi connectivity index (χ1) is 18.4. The van der Waals surface area contributed by atoms with Crippen LogP contribution in [-0.2, 0) is 4.79 Å². The van der Waals surface area contributed by atoms with Gasteiger partial charge in [-0.15, -0.1) is 0 Å². The first-order valence-electron chi connectivity index (χ1n) is 12.1. The molecule has 3 aliphatic rings. The minimum absolute atomic E-state index is 0.0341. The zero-order valence-corrected chi connectivity index (χ0v) is 21.5. The van der Waals surface area contributed by atoms with Crippen molar-refractivity contribution in [2.75, 3.05) is 30.3 Å². The van der Waals surface area contributed by atoms with Gasteiger partial charge in [0.05, 0.1) is 11.4 Å². The van der Waals surface area contributed by atoms with Crippen LogP contribution in [0.2, 0.25) is 5.02 Å². The lowest BCUT2D eigenvalue weighted by molar-refractivity contribution is -0.198. The predicted molar refractivity (Wildman–Crippen MR) is 136 cm³/mol. The lowest BCUT2D eigenvalue weighted by atomic mass is 9.87. The molecule has 208 valence electrons. The number of rotatable bonds is 8. The second kappa shape index (κ2) is 10.2. The van der Waals surface area contributed by atoms with E-state index >= 15 is 0 Å². The molecule has 0 radical (unpaired) electrons. The zero-order chi connectivity index (χ0) is 28.1. The molecule has 6 rings (SSSR count). The molecule has 2 aromatic heterocycles. The van der Waals surface area contributed by atoms with Crippen molar-refractivity contribution in [3.05, 3.63) is 52.8 Å². The van der Waals surface area contributed by atoms with Crippen molar-refractivity contribution in [1.29, 1.82) is 0 Å². The van der Waals surface area contributed by atoms with E-state index in [1.165, 1.54) is 35.1 Å². The van der Waals surface area contributed by atoms with Crippen LogP contribution < -0.4 is 21.1 Å². The molecule has 2 unspecified atom stereocenters. The van der Waals surface area contributed by atoms with Gasteiger partial charge in [0, 0.05) is 54.6 Å². The zero-order valence-electron chi connectivity index (χ0n) is 20.7. The van der Waals surface area contributed by atoms with E-state index in [0.29, 0.717) is 24.6 Å². The Labute approximate surface area is 226 Å². The summed E-state index contributed by atoms with van der Waals surface area (Å²) in [5, 5.41) is 13.6. The Morgan fingerprint density at radius 2 is 1.95 bits per heavy atom. The van der Waals surface area contributed by atoms with Crippen molar-refractivity contribution in [3.63, 3.8) is 0 Å². The molecule has 15 heteroatoms. The Morgan fingerprint density at radius 3 is 2.56 bits per heavy atom. The third-order valence-corrected chi connectivity index (χ3v) is 7.11. The maximum absolute atomic E-state index is 14.4. The third kappa shape index (κ3) is 5.58. The van der Waals surface area contributed by atoms with E-state index in [2.05, 4.69) is 15.1 Å². The van der Waals surface area contributed by atoms with Crippen LogP contribution in [0, 0.1) is 6.92 Å². The molecule has 3 aromatic rings. The molecule has 3 saturated heterocycles. The lowest BCUT2D eigenvalue weighted by Crippen LogP contribution is -2.70. The number of carboxylic acids is 1. The van der Waals surface area contributed by atoms with E-state index in [1.807, 2.05) is 9.80 Å². The molecule has 0 amide bonds. The largest absolute Gasteiger partial charge is 0.480 e. The molecule has 39 heavy (non-hydrogen) atoms. The van der Waals surface area contributed by atoms with Crippen molar-refractivity contribution in [2.45, 2.75) is 43.8 Å². The normalized spacial score (nSPS) is 20.8. The number of piperidine rings is 1. The average Bonchev–Trinajstić information content (AvgIpc) is 3.31. The van der Waals surface area contributed by atoms with Gasteiger partial charge in [-0.25, -0.2) is 4.68 Å². The van der Waals surface area contributed by atoms with Crippen molar-refractivity contribution in [3.8, 4) is 11.6 Å². The van der Waals surface area contributed by atoms with Gasteiger partial charge in [-0.2, -0.15) is 28.2 Å². The summed E-state index contributed by atoms with van der Waals surface area (Å²) in [6.07, 6.45) is -4.83. The SMILES string of the molecule is Cc1ccn(-c2cc(Cl)ccc2[C@@H](Oc2cc(N3CC4CC(C3)N4C[C@H](N)C(=O)O)nc(N)n2)C(F)(F)F)n1. The first-order valence-corrected chi connectivity index (χ1v) is 12.5. The summed E-state index contributed by atoms with van der Waals surface area (Å²) in [5.41, 5.74) is 12.1. The molecular formula is C24H26ClF3N8O3. The van der Waals surface area contributed by atoms with Crippen molar-refractivity contribution in [1.82, 2.24) is 24.6 Å². The number of nitrogens with two attached hydrogens (primary N) is 2. The molecule has 0 saturated carbocycles. The number of benzene rings is 1. The fourth-order valence-electron chi connectivity index (χ4n) is 5.04. The summed E-state index contributed by atoms with van der Waals surface area (Å²) in [4.78, 5) is 23.2. The highest BCUT2D eigenvalue weighted by Crippen LogP contribution is 2.41. The van der Waals surface area contributed by atoms with Gasteiger partial charge in [0.1, 0.15) is 11.9 Å². The number of aromatic nitrogens is 4. The van der Waals surface area contributed by atoms with Gasteiger partial charge in [-0.3, -0.25) is 9.69 Å². The van der Waals surface area contributed by atoms with Gasteiger partial charge in [0.2, 0.25) is 17.9 Å². The number of aliphatic carboxylic acids is 1. The molecule has 0 aliphatic carbocycles. The number of nitrogen functional groups attached to an aromatic ring is 1. The Bertz CT molecular complexity index is 1370. The lowest BCUT2D eigenvalue weighted by Gasteiger charge is -2.57. The van der Waals surface area contributed by atoms with E-state index in [-0.39, 0.29) is 46.7 Å². The molecule has 0 spiro atoms. The number of carbonyl (C=O) groups is 1. The number of alkyl halides is 3.